The second-order valence-corrected chi connectivity index (χ2v) is 3.94. The lowest BCUT2D eigenvalue weighted by atomic mass is 10.0. The zero-order valence-corrected chi connectivity index (χ0v) is 9.46. The van der Waals surface area contributed by atoms with E-state index in [4.69, 9.17) is 11.6 Å². The number of benzene rings is 1. The fourth-order valence-corrected chi connectivity index (χ4v) is 1.84. The fraction of sp³-hybridized carbons (Fsp3) is 0.400. The maximum atomic E-state index is 9.77. The average molecular weight is 233 g/mol. The van der Waals surface area contributed by atoms with E-state index in [1.54, 1.807) is 12.1 Å². The van der Waals surface area contributed by atoms with Gasteiger partial charge in [-0.2, -0.15) is 12.6 Å². The third-order valence-corrected chi connectivity index (χ3v) is 2.82. The molecule has 0 fully saturated rings. The van der Waals surface area contributed by atoms with E-state index < -0.39 is 12.2 Å². The Morgan fingerprint density at radius 3 is 2.57 bits per heavy atom. The predicted molar refractivity (Wildman–Crippen MR) is 61.0 cm³/mol. The van der Waals surface area contributed by atoms with Gasteiger partial charge in [0.05, 0.1) is 6.10 Å². The molecular weight excluding hydrogens is 220 g/mol. The number of halogens is 1. The van der Waals surface area contributed by atoms with Gasteiger partial charge in [-0.15, -0.1) is 0 Å². The van der Waals surface area contributed by atoms with E-state index >= 15 is 0 Å². The summed E-state index contributed by atoms with van der Waals surface area (Å²) in [6, 6.07) is 5.34. The Morgan fingerprint density at radius 2 is 2.07 bits per heavy atom. The monoisotopic (exact) mass is 232 g/mol. The van der Waals surface area contributed by atoms with Crippen LogP contribution >= 0.6 is 24.2 Å². The molecule has 1 aromatic rings. The third kappa shape index (κ3) is 2.42. The molecule has 0 amide bonds. The average Bonchev–Trinajstić information content (AvgIpc) is 2.16. The van der Waals surface area contributed by atoms with E-state index in [0.717, 1.165) is 5.56 Å². The number of rotatable bonds is 3. The highest BCUT2D eigenvalue weighted by Crippen LogP contribution is 2.28. The van der Waals surface area contributed by atoms with Crippen LogP contribution in [-0.4, -0.2) is 22.1 Å². The van der Waals surface area contributed by atoms with Crippen molar-refractivity contribution in [1.82, 2.24) is 0 Å². The minimum atomic E-state index is -0.971. The summed E-state index contributed by atoms with van der Waals surface area (Å²) in [5.41, 5.74) is 1.45. The van der Waals surface area contributed by atoms with Crippen molar-refractivity contribution in [3.8, 4) is 0 Å². The van der Waals surface area contributed by atoms with Gasteiger partial charge in [0.1, 0.15) is 6.10 Å². The van der Waals surface area contributed by atoms with Crippen molar-refractivity contribution in [1.29, 1.82) is 0 Å². The van der Waals surface area contributed by atoms with Crippen LogP contribution in [0.4, 0.5) is 0 Å². The number of aryl methyl sites for hydroxylation is 1. The molecule has 14 heavy (non-hydrogen) atoms. The summed E-state index contributed by atoms with van der Waals surface area (Å²) in [4.78, 5) is 0. The van der Waals surface area contributed by atoms with Crippen molar-refractivity contribution in [2.75, 3.05) is 5.75 Å². The molecule has 2 unspecified atom stereocenters. The highest BCUT2D eigenvalue weighted by Gasteiger charge is 2.20. The first-order valence-corrected chi connectivity index (χ1v) is 5.31. The lowest BCUT2D eigenvalue weighted by Gasteiger charge is -2.19. The first kappa shape index (κ1) is 11.9. The third-order valence-electron chi connectivity index (χ3n) is 2.12. The van der Waals surface area contributed by atoms with Crippen LogP contribution in [0.15, 0.2) is 18.2 Å². The molecule has 0 saturated heterocycles. The summed E-state index contributed by atoms with van der Waals surface area (Å²) < 4.78 is 0. The van der Waals surface area contributed by atoms with Crippen LogP contribution in [-0.2, 0) is 0 Å². The quantitative estimate of drug-likeness (QED) is 0.698. The van der Waals surface area contributed by atoms with Crippen LogP contribution in [0.3, 0.4) is 0 Å². The van der Waals surface area contributed by atoms with Gasteiger partial charge in [-0.25, -0.2) is 0 Å². The fourth-order valence-electron chi connectivity index (χ4n) is 1.31. The van der Waals surface area contributed by atoms with E-state index in [1.807, 2.05) is 13.0 Å². The Kier molecular flexibility index (Phi) is 4.26. The molecular formula is C10H13ClO2S. The standard InChI is InChI=1S/C10H13ClO2S/c1-6-3-2-4-7(11)9(6)10(13)8(12)5-14/h2-4,8,10,12-14H,5H2,1H3. The minimum Gasteiger partial charge on any atom is -0.389 e. The normalized spacial score (nSPS) is 15.2. The Morgan fingerprint density at radius 1 is 1.43 bits per heavy atom. The number of hydrogen-bond donors (Lipinski definition) is 3. The molecule has 0 aliphatic rings. The molecule has 1 rings (SSSR count). The van der Waals surface area contributed by atoms with Gasteiger partial charge in [0.25, 0.3) is 0 Å². The Balaban J connectivity index is 3.05. The maximum Gasteiger partial charge on any atom is 0.107 e. The molecule has 0 aliphatic heterocycles. The van der Waals surface area contributed by atoms with Crippen molar-refractivity contribution < 1.29 is 10.2 Å². The van der Waals surface area contributed by atoms with Gasteiger partial charge in [-0.3, -0.25) is 0 Å². The molecule has 0 heterocycles. The Hall–Kier alpha value is -0.220. The van der Waals surface area contributed by atoms with Gasteiger partial charge in [-0.05, 0) is 18.6 Å². The topological polar surface area (TPSA) is 40.5 Å². The summed E-state index contributed by atoms with van der Waals surface area (Å²) in [7, 11) is 0. The smallest absolute Gasteiger partial charge is 0.107 e. The largest absolute Gasteiger partial charge is 0.389 e. The maximum absolute atomic E-state index is 9.77. The summed E-state index contributed by atoms with van der Waals surface area (Å²) in [6.07, 6.45) is -1.86. The van der Waals surface area contributed by atoms with Crippen molar-refractivity contribution in [3.05, 3.63) is 34.3 Å². The van der Waals surface area contributed by atoms with E-state index in [9.17, 15) is 10.2 Å². The van der Waals surface area contributed by atoms with Crippen molar-refractivity contribution in [2.45, 2.75) is 19.1 Å². The molecule has 2 atom stereocenters. The molecule has 0 saturated carbocycles. The zero-order valence-electron chi connectivity index (χ0n) is 7.81. The lowest BCUT2D eigenvalue weighted by molar-refractivity contribution is 0.0334. The van der Waals surface area contributed by atoms with E-state index in [0.29, 0.717) is 10.6 Å². The van der Waals surface area contributed by atoms with Crippen LogP contribution in [0.2, 0.25) is 5.02 Å². The number of aliphatic hydroxyl groups excluding tert-OH is 2. The summed E-state index contributed by atoms with van der Waals surface area (Å²) in [6.45, 7) is 1.84. The molecule has 2 nitrogen and oxygen atoms in total. The van der Waals surface area contributed by atoms with Crippen LogP contribution in [0.5, 0.6) is 0 Å². The van der Waals surface area contributed by atoms with Crippen LogP contribution in [0.1, 0.15) is 17.2 Å². The molecule has 2 N–H and O–H groups in total. The SMILES string of the molecule is Cc1cccc(Cl)c1C(O)C(O)CS. The number of hydrogen-bond acceptors (Lipinski definition) is 3. The second kappa shape index (κ2) is 5.03. The van der Waals surface area contributed by atoms with E-state index in [-0.39, 0.29) is 5.75 Å². The Labute approximate surface area is 93.9 Å². The molecule has 4 heteroatoms. The lowest BCUT2D eigenvalue weighted by Crippen LogP contribution is -2.20. The summed E-state index contributed by atoms with van der Waals surface area (Å²) >= 11 is 9.85. The molecule has 0 spiro atoms. The second-order valence-electron chi connectivity index (χ2n) is 3.17. The van der Waals surface area contributed by atoms with Gasteiger partial charge < -0.3 is 10.2 Å². The van der Waals surface area contributed by atoms with Crippen LogP contribution < -0.4 is 0 Å². The number of aliphatic hydroxyl groups is 2. The van der Waals surface area contributed by atoms with E-state index in [1.165, 1.54) is 0 Å². The molecule has 0 radical (unpaired) electrons. The molecule has 78 valence electrons. The predicted octanol–water partition coefficient (Wildman–Crippen LogP) is 1.97. The molecule has 0 bridgehead atoms. The highest BCUT2D eigenvalue weighted by molar-refractivity contribution is 7.80. The number of thiol groups is 1. The molecule has 1 aromatic carbocycles. The Bertz CT molecular complexity index is 297. The highest BCUT2D eigenvalue weighted by atomic mass is 35.5. The minimum absolute atomic E-state index is 0.200. The van der Waals surface area contributed by atoms with Gasteiger partial charge >= 0.3 is 0 Å². The van der Waals surface area contributed by atoms with Gasteiger partial charge in [-0.1, -0.05) is 23.7 Å². The first-order valence-electron chi connectivity index (χ1n) is 4.30. The van der Waals surface area contributed by atoms with Crippen LogP contribution in [0.25, 0.3) is 0 Å². The summed E-state index contributed by atoms with van der Waals surface area (Å²) in [5, 5.41) is 19.7. The van der Waals surface area contributed by atoms with Crippen LogP contribution in [0, 0.1) is 6.92 Å². The van der Waals surface area contributed by atoms with Gasteiger partial charge in [0.2, 0.25) is 0 Å². The van der Waals surface area contributed by atoms with E-state index in [2.05, 4.69) is 12.6 Å². The van der Waals surface area contributed by atoms with Gasteiger partial charge in [0, 0.05) is 16.3 Å². The van der Waals surface area contributed by atoms with Crippen molar-refractivity contribution in [2.24, 2.45) is 0 Å². The zero-order chi connectivity index (χ0) is 10.7. The summed E-state index contributed by atoms with van der Waals surface area (Å²) in [5.74, 6) is 0.200. The molecule has 0 aliphatic carbocycles. The van der Waals surface area contributed by atoms with Gasteiger partial charge in [0.15, 0.2) is 0 Å². The molecule has 0 aromatic heterocycles. The van der Waals surface area contributed by atoms with Crippen molar-refractivity contribution >= 4 is 24.2 Å². The first-order chi connectivity index (χ1) is 6.57. The van der Waals surface area contributed by atoms with Crippen molar-refractivity contribution in [3.63, 3.8) is 0 Å².